The van der Waals surface area contributed by atoms with Crippen LogP contribution in [0, 0.1) is 19.7 Å². The predicted octanol–water partition coefficient (Wildman–Crippen LogP) is 4.43. The first kappa shape index (κ1) is 23.2. The Morgan fingerprint density at radius 1 is 1.18 bits per heavy atom. The number of morpholine rings is 1. The Balaban J connectivity index is 1.56. The summed E-state index contributed by atoms with van der Waals surface area (Å²) in [5.41, 5.74) is 3.22. The number of benzene rings is 2. The molecule has 1 aliphatic rings. The van der Waals surface area contributed by atoms with Gasteiger partial charge in [-0.25, -0.2) is 8.60 Å². The maximum Gasteiger partial charge on any atom is 0.267 e. The van der Waals surface area contributed by atoms with Crippen molar-refractivity contribution in [1.82, 2.24) is 0 Å². The summed E-state index contributed by atoms with van der Waals surface area (Å²) in [5.74, 6) is -0.603. The van der Waals surface area contributed by atoms with Gasteiger partial charge in [0.05, 0.1) is 29.5 Å². The van der Waals surface area contributed by atoms with Crippen LogP contribution in [0.4, 0.5) is 21.5 Å². The van der Waals surface area contributed by atoms with Gasteiger partial charge in [-0.1, -0.05) is 0 Å². The molecule has 4 rings (SSSR count). The SMILES string of the molecule is Cc1cc(O)c(N2CCOCC2)c(C)c1NC(=O)c1sccc1NS(=O)c1ccc(F)cc1. The minimum Gasteiger partial charge on any atom is -0.506 e. The van der Waals surface area contributed by atoms with Crippen molar-refractivity contribution in [3.8, 4) is 5.75 Å². The van der Waals surface area contributed by atoms with Crippen LogP contribution in [0.15, 0.2) is 46.7 Å². The number of hydrogen-bond acceptors (Lipinski definition) is 6. The van der Waals surface area contributed by atoms with E-state index >= 15 is 0 Å². The van der Waals surface area contributed by atoms with Crippen LogP contribution in [0.5, 0.6) is 5.75 Å². The number of halogens is 1. The van der Waals surface area contributed by atoms with Gasteiger partial charge in [0, 0.05) is 18.8 Å². The topological polar surface area (TPSA) is 90.9 Å². The third-order valence-corrected chi connectivity index (χ3v) is 7.41. The van der Waals surface area contributed by atoms with E-state index in [1.54, 1.807) is 17.5 Å². The van der Waals surface area contributed by atoms with Gasteiger partial charge < -0.3 is 20.1 Å². The van der Waals surface area contributed by atoms with Crippen LogP contribution in [0.25, 0.3) is 0 Å². The van der Waals surface area contributed by atoms with Crippen LogP contribution < -0.4 is 14.9 Å². The highest BCUT2D eigenvalue weighted by atomic mass is 32.2. The molecular formula is C23H24FN3O4S2. The van der Waals surface area contributed by atoms with Crippen LogP contribution in [0.3, 0.4) is 0 Å². The first-order valence-electron chi connectivity index (χ1n) is 10.3. The highest BCUT2D eigenvalue weighted by Crippen LogP contribution is 2.39. The number of phenols is 1. The number of thiophene rings is 1. The molecule has 1 saturated heterocycles. The highest BCUT2D eigenvalue weighted by molar-refractivity contribution is 7.86. The van der Waals surface area contributed by atoms with E-state index in [9.17, 15) is 18.5 Å². The monoisotopic (exact) mass is 489 g/mol. The molecule has 1 unspecified atom stereocenters. The molecule has 0 radical (unpaired) electrons. The zero-order valence-corrected chi connectivity index (χ0v) is 19.8. The molecule has 7 nitrogen and oxygen atoms in total. The van der Waals surface area contributed by atoms with Crippen molar-refractivity contribution in [3.63, 3.8) is 0 Å². The van der Waals surface area contributed by atoms with Crippen molar-refractivity contribution < 1.29 is 23.2 Å². The molecule has 33 heavy (non-hydrogen) atoms. The molecule has 1 aliphatic heterocycles. The fourth-order valence-electron chi connectivity index (χ4n) is 3.78. The van der Waals surface area contributed by atoms with Crippen molar-refractivity contribution in [2.24, 2.45) is 0 Å². The Kier molecular flexibility index (Phi) is 6.96. The average Bonchev–Trinajstić information content (AvgIpc) is 3.25. The van der Waals surface area contributed by atoms with Gasteiger partial charge in [-0.15, -0.1) is 11.3 Å². The smallest absolute Gasteiger partial charge is 0.267 e. The molecule has 10 heteroatoms. The number of carbonyl (C=O) groups excluding carboxylic acids is 1. The number of hydrogen-bond donors (Lipinski definition) is 3. The normalized spacial score (nSPS) is 14.7. The number of aromatic hydroxyl groups is 1. The van der Waals surface area contributed by atoms with E-state index in [-0.39, 0.29) is 11.7 Å². The first-order valence-corrected chi connectivity index (χ1v) is 12.4. The molecule has 0 bridgehead atoms. The van der Waals surface area contributed by atoms with E-state index in [1.807, 2.05) is 18.7 Å². The van der Waals surface area contributed by atoms with Crippen LogP contribution in [-0.4, -0.2) is 41.5 Å². The van der Waals surface area contributed by atoms with Crippen LogP contribution in [0.2, 0.25) is 0 Å². The standard InChI is InChI=1S/C23H24FN3O4S2/c1-14-13-19(28)21(27-8-10-31-11-9-27)15(2)20(14)25-23(29)22-18(7-12-32-22)26-33(30)17-5-3-16(24)4-6-17/h3-7,12-13,26,28H,8-11H2,1-2H3,(H,25,29). The number of nitrogens with zero attached hydrogens (tertiary/aromatic N) is 1. The molecule has 1 aromatic heterocycles. The van der Waals surface area contributed by atoms with E-state index in [0.29, 0.717) is 53.1 Å². The molecule has 1 fully saturated rings. The van der Waals surface area contributed by atoms with Crippen molar-refractivity contribution in [2.75, 3.05) is 41.2 Å². The number of aryl methyl sites for hydroxylation is 1. The molecule has 3 N–H and O–H groups in total. The summed E-state index contributed by atoms with van der Waals surface area (Å²) in [6, 6.07) is 8.65. The van der Waals surface area contributed by atoms with Crippen LogP contribution >= 0.6 is 11.3 Å². The number of anilines is 3. The van der Waals surface area contributed by atoms with Crippen molar-refractivity contribution in [3.05, 3.63) is 63.6 Å². The van der Waals surface area contributed by atoms with Gasteiger partial charge >= 0.3 is 0 Å². The number of phenolic OH excluding ortho intramolecular Hbond substituents is 1. The minimum absolute atomic E-state index is 0.165. The molecule has 2 heterocycles. The predicted molar refractivity (Wildman–Crippen MR) is 129 cm³/mol. The average molecular weight is 490 g/mol. The molecule has 1 atom stereocenters. The van der Waals surface area contributed by atoms with Gasteiger partial charge in [-0.05, 0) is 66.8 Å². The summed E-state index contributed by atoms with van der Waals surface area (Å²) in [4.78, 5) is 16.0. The van der Waals surface area contributed by atoms with E-state index < -0.39 is 16.8 Å². The lowest BCUT2D eigenvalue weighted by atomic mass is 10.0. The van der Waals surface area contributed by atoms with Crippen LogP contribution in [0.1, 0.15) is 20.8 Å². The molecule has 174 valence electrons. The van der Waals surface area contributed by atoms with E-state index in [0.717, 1.165) is 11.1 Å². The molecule has 1 amide bonds. The second-order valence-electron chi connectivity index (χ2n) is 7.60. The fraction of sp³-hybridized carbons (Fsp3) is 0.261. The van der Waals surface area contributed by atoms with Gasteiger partial charge in [0.1, 0.15) is 27.4 Å². The third kappa shape index (κ3) is 5.02. The Morgan fingerprint density at radius 2 is 1.88 bits per heavy atom. The van der Waals surface area contributed by atoms with Gasteiger partial charge in [0.15, 0.2) is 0 Å². The summed E-state index contributed by atoms with van der Waals surface area (Å²) in [6.45, 7) is 6.14. The van der Waals surface area contributed by atoms with E-state index in [2.05, 4.69) is 10.0 Å². The minimum atomic E-state index is -1.65. The maximum atomic E-state index is 13.2. The number of amides is 1. The Morgan fingerprint density at radius 3 is 2.58 bits per heavy atom. The lowest BCUT2D eigenvalue weighted by Crippen LogP contribution is -2.36. The molecule has 0 spiro atoms. The zero-order chi connectivity index (χ0) is 23.5. The molecule has 0 aliphatic carbocycles. The molecular weight excluding hydrogens is 465 g/mol. The Hall–Kier alpha value is -2.95. The Labute approximate surface area is 197 Å². The second kappa shape index (κ2) is 9.90. The zero-order valence-electron chi connectivity index (χ0n) is 18.2. The van der Waals surface area contributed by atoms with Gasteiger partial charge in [-0.3, -0.25) is 9.52 Å². The second-order valence-corrected chi connectivity index (χ2v) is 9.73. The Bertz CT molecular complexity index is 1190. The van der Waals surface area contributed by atoms with Crippen molar-refractivity contribution in [2.45, 2.75) is 18.7 Å². The van der Waals surface area contributed by atoms with Gasteiger partial charge in [0.2, 0.25) is 0 Å². The summed E-state index contributed by atoms with van der Waals surface area (Å²) < 4.78 is 34.0. The number of ether oxygens (including phenoxy) is 1. The lowest BCUT2D eigenvalue weighted by Gasteiger charge is -2.31. The van der Waals surface area contributed by atoms with Crippen LogP contribution in [-0.2, 0) is 15.7 Å². The molecule has 0 saturated carbocycles. The van der Waals surface area contributed by atoms with Crippen molar-refractivity contribution in [1.29, 1.82) is 0 Å². The summed E-state index contributed by atoms with van der Waals surface area (Å²) >= 11 is 1.22. The quantitative estimate of drug-likeness (QED) is 0.446. The maximum absolute atomic E-state index is 13.2. The van der Waals surface area contributed by atoms with Crippen molar-refractivity contribution >= 4 is 45.3 Å². The van der Waals surface area contributed by atoms with Gasteiger partial charge in [0.25, 0.3) is 5.91 Å². The lowest BCUT2D eigenvalue weighted by molar-refractivity contribution is 0.103. The highest BCUT2D eigenvalue weighted by Gasteiger charge is 2.23. The summed E-state index contributed by atoms with van der Waals surface area (Å²) in [6.07, 6.45) is 0. The van der Waals surface area contributed by atoms with Gasteiger partial charge in [-0.2, -0.15) is 0 Å². The molecule has 3 aromatic rings. The van der Waals surface area contributed by atoms with E-state index in [4.69, 9.17) is 4.74 Å². The number of rotatable bonds is 6. The summed E-state index contributed by atoms with van der Waals surface area (Å²) in [5, 5.41) is 15.3. The fourth-order valence-corrected chi connectivity index (χ4v) is 5.46. The number of nitrogens with one attached hydrogen (secondary N) is 2. The van der Waals surface area contributed by atoms with E-state index in [1.165, 1.54) is 35.6 Å². The largest absolute Gasteiger partial charge is 0.506 e. The third-order valence-electron chi connectivity index (χ3n) is 5.39. The first-order chi connectivity index (χ1) is 15.8. The number of carbonyl (C=O) groups is 1. The molecule has 2 aromatic carbocycles. The summed E-state index contributed by atoms with van der Waals surface area (Å²) in [7, 11) is -1.65.